The van der Waals surface area contributed by atoms with Gasteiger partial charge in [0.15, 0.2) is 23.1 Å². The molecule has 0 amide bonds. The Morgan fingerprint density at radius 1 is 1.15 bits per heavy atom. The van der Waals surface area contributed by atoms with Crippen LogP contribution in [0.15, 0.2) is 28.3 Å². The molecule has 1 heterocycles. The molecule has 1 aliphatic rings. The van der Waals surface area contributed by atoms with Crippen LogP contribution in [-0.4, -0.2) is 48.6 Å². The van der Waals surface area contributed by atoms with Crippen molar-refractivity contribution < 1.29 is 27.2 Å². The van der Waals surface area contributed by atoms with Gasteiger partial charge in [0.1, 0.15) is 0 Å². The fourth-order valence-electron chi connectivity index (χ4n) is 2.58. The van der Waals surface area contributed by atoms with Gasteiger partial charge in [-0.15, -0.1) is 0 Å². The Kier molecular flexibility index (Phi) is 5.13. The van der Waals surface area contributed by atoms with Crippen LogP contribution in [0.2, 0.25) is 0 Å². The zero-order valence-electron chi connectivity index (χ0n) is 14.6. The number of benzene rings is 1. The van der Waals surface area contributed by atoms with E-state index in [0.29, 0.717) is 18.7 Å². The normalized spacial score (nSPS) is 13.8. The molecule has 142 valence electrons. The van der Waals surface area contributed by atoms with Gasteiger partial charge in [0.05, 0.1) is 5.70 Å². The number of carbonyl (C=O) groups is 2. The van der Waals surface area contributed by atoms with Gasteiger partial charge in [-0.1, -0.05) is 0 Å². The van der Waals surface area contributed by atoms with Crippen molar-refractivity contribution in [2.75, 3.05) is 27.2 Å². The molecule has 0 atom stereocenters. The van der Waals surface area contributed by atoms with Gasteiger partial charge in [0.2, 0.25) is 23.2 Å². The van der Waals surface area contributed by atoms with Gasteiger partial charge in [0.25, 0.3) is 0 Å². The van der Waals surface area contributed by atoms with E-state index in [1.165, 1.54) is 0 Å². The number of rotatable bonds is 6. The number of ketones is 2. The number of hydrogen-bond acceptors (Lipinski definition) is 6. The van der Waals surface area contributed by atoms with E-state index in [-0.39, 0.29) is 28.6 Å². The Labute approximate surface area is 152 Å². The molecule has 3 rings (SSSR count). The highest BCUT2D eigenvalue weighted by atomic mass is 19.2. The average molecular weight is 379 g/mol. The Bertz CT molecular complexity index is 928. The Hall–Kier alpha value is -2.94. The van der Waals surface area contributed by atoms with Gasteiger partial charge in [-0.25, -0.2) is 18.2 Å². The molecule has 27 heavy (non-hydrogen) atoms. The summed E-state index contributed by atoms with van der Waals surface area (Å²) in [6.45, 7) is 1.26. The lowest BCUT2D eigenvalue weighted by molar-refractivity contribution is 0.0960. The molecule has 0 saturated carbocycles. The van der Waals surface area contributed by atoms with Crippen molar-refractivity contribution in [1.82, 2.24) is 15.2 Å². The summed E-state index contributed by atoms with van der Waals surface area (Å²) in [6, 6.07) is 1.36. The van der Waals surface area contributed by atoms with Crippen molar-refractivity contribution >= 4 is 11.6 Å². The minimum Gasteiger partial charge on any atom is -0.432 e. The first-order valence-corrected chi connectivity index (χ1v) is 8.13. The maximum atomic E-state index is 13.4. The SMILES string of the molecule is CN(C)CCCNC1=CC(=O)c2oc(-c3cc(F)c(F)c(F)c3)nc2C1=O. The lowest BCUT2D eigenvalue weighted by Crippen LogP contribution is -2.28. The van der Waals surface area contributed by atoms with E-state index in [1.54, 1.807) is 0 Å². The molecule has 1 aromatic carbocycles. The number of carbonyl (C=O) groups excluding carboxylic acids is 2. The van der Waals surface area contributed by atoms with Crippen LogP contribution in [0.1, 0.15) is 27.5 Å². The Morgan fingerprint density at radius 3 is 2.44 bits per heavy atom. The molecule has 2 aromatic rings. The second-order valence-electron chi connectivity index (χ2n) is 6.29. The summed E-state index contributed by atoms with van der Waals surface area (Å²) in [7, 11) is 3.83. The fourth-order valence-corrected chi connectivity index (χ4v) is 2.58. The van der Waals surface area contributed by atoms with E-state index in [9.17, 15) is 22.8 Å². The summed E-state index contributed by atoms with van der Waals surface area (Å²) in [5, 5.41) is 2.89. The van der Waals surface area contributed by atoms with E-state index in [2.05, 4.69) is 10.3 Å². The number of nitrogens with one attached hydrogen (secondary N) is 1. The van der Waals surface area contributed by atoms with Crippen molar-refractivity contribution in [2.45, 2.75) is 6.42 Å². The van der Waals surface area contributed by atoms with E-state index in [0.717, 1.165) is 19.0 Å². The summed E-state index contributed by atoms with van der Waals surface area (Å²) in [6.07, 6.45) is 1.85. The molecule has 0 fully saturated rings. The molecule has 0 radical (unpaired) electrons. The third kappa shape index (κ3) is 3.77. The van der Waals surface area contributed by atoms with Crippen LogP contribution in [0, 0.1) is 17.5 Å². The molecule has 0 unspecified atom stereocenters. The lowest BCUT2D eigenvalue weighted by atomic mass is 10.0. The second-order valence-corrected chi connectivity index (χ2v) is 6.29. The van der Waals surface area contributed by atoms with Gasteiger partial charge in [-0.3, -0.25) is 9.59 Å². The first-order valence-electron chi connectivity index (χ1n) is 8.13. The highest BCUT2D eigenvalue weighted by Gasteiger charge is 2.32. The third-order valence-corrected chi connectivity index (χ3v) is 3.91. The quantitative estimate of drug-likeness (QED) is 0.614. The number of hydrogen-bond donors (Lipinski definition) is 1. The van der Waals surface area contributed by atoms with Crippen LogP contribution < -0.4 is 5.32 Å². The van der Waals surface area contributed by atoms with Gasteiger partial charge in [0, 0.05) is 18.2 Å². The molecule has 9 heteroatoms. The predicted octanol–water partition coefficient (Wildman–Crippen LogP) is 2.56. The maximum absolute atomic E-state index is 13.4. The zero-order chi connectivity index (χ0) is 19.7. The van der Waals surface area contributed by atoms with Crippen LogP contribution in [-0.2, 0) is 0 Å². The smallest absolute Gasteiger partial charge is 0.231 e. The minimum absolute atomic E-state index is 0.0718. The highest BCUT2D eigenvalue weighted by molar-refractivity contribution is 6.22. The number of oxazole rings is 1. The molecule has 0 aliphatic heterocycles. The molecular weight excluding hydrogens is 363 g/mol. The molecule has 1 aliphatic carbocycles. The topological polar surface area (TPSA) is 75.4 Å². The van der Waals surface area contributed by atoms with Crippen LogP contribution in [0.5, 0.6) is 0 Å². The summed E-state index contributed by atoms with van der Waals surface area (Å²) >= 11 is 0. The third-order valence-electron chi connectivity index (χ3n) is 3.91. The number of aromatic nitrogens is 1. The van der Waals surface area contributed by atoms with E-state index in [4.69, 9.17) is 4.42 Å². The summed E-state index contributed by atoms with van der Waals surface area (Å²) in [5.41, 5.74) is -0.401. The first kappa shape index (κ1) is 18.8. The fraction of sp³-hybridized carbons (Fsp3) is 0.278. The second kappa shape index (κ2) is 7.36. The van der Waals surface area contributed by atoms with Gasteiger partial charge < -0.3 is 14.6 Å². The summed E-state index contributed by atoms with van der Waals surface area (Å²) in [5.74, 6) is -6.32. The van der Waals surface area contributed by atoms with E-state index >= 15 is 0 Å². The first-order chi connectivity index (χ1) is 12.8. The molecule has 1 N–H and O–H groups in total. The largest absolute Gasteiger partial charge is 0.432 e. The molecule has 1 aromatic heterocycles. The molecule has 0 bridgehead atoms. The number of allylic oxidation sites excluding steroid dienone is 2. The van der Waals surface area contributed by atoms with E-state index < -0.39 is 29.0 Å². The van der Waals surface area contributed by atoms with Crippen LogP contribution in [0.4, 0.5) is 13.2 Å². The maximum Gasteiger partial charge on any atom is 0.231 e. The average Bonchev–Trinajstić information content (AvgIpc) is 3.06. The zero-order valence-corrected chi connectivity index (χ0v) is 14.6. The number of fused-ring (bicyclic) bond motifs is 1. The number of halogens is 3. The van der Waals surface area contributed by atoms with Crippen molar-refractivity contribution in [3.8, 4) is 11.5 Å². The van der Waals surface area contributed by atoms with Crippen molar-refractivity contribution in [3.63, 3.8) is 0 Å². The molecule has 6 nitrogen and oxygen atoms in total. The molecular formula is C18H16F3N3O3. The standard InChI is InChI=1S/C18H16F3N3O3/c1-24(2)5-3-4-22-12-8-13(25)17-15(16(12)26)23-18(27-17)9-6-10(19)14(21)11(20)7-9/h6-8,22H,3-5H2,1-2H3. The van der Waals surface area contributed by atoms with Crippen molar-refractivity contribution in [3.05, 3.63) is 52.8 Å². The van der Waals surface area contributed by atoms with Gasteiger partial charge >= 0.3 is 0 Å². The molecule has 0 saturated heterocycles. The number of nitrogens with zero attached hydrogens (tertiary/aromatic N) is 2. The van der Waals surface area contributed by atoms with Gasteiger partial charge in [-0.05, 0) is 39.2 Å². The predicted molar refractivity (Wildman–Crippen MR) is 89.7 cm³/mol. The number of Topliss-reactive ketones (excluding diaryl/α,β-unsaturated/α-hetero) is 1. The van der Waals surface area contributed by atoms with Crippen LogP contribution in [0.3, 0.4) is 0 Å². The van der Waals surface area contributed by atoms with Gasteiger partial charge in [-0.2, -0.15) is 0 Å². The van der Waals surface area contributed by atoms with Crippen LogP contribution in [0.25, 0.3) is 11.5 Å². The lowest BCUT2D eigenvalue weighted by Gasteiger charge is -2.13. The van der Waals surface area contributed by atoms with Crippen LogP contribution >= 0.6 is 0 Å². The van der Waals surface area contributed by atoms with E-state index in [1.807, 2.05) is 19.0 Å². The molecule has 0 spiro atoms. The summed E-state index contributed by atoms with van der Waals surface area (Å²) < 4.78 is 45.1. The van der Waals surface area contributed by atoms with Crippen molar-refractivity contribution in [2.24, 2.45) is 0 Å². The highest BCUT2D eigenvalue weighted by Crippen LogP contribution is 2.28. The van der Waals surface area contributed by atoms with Crippen molar-refractivity contribution in [1.29, 1.82) is 0 Å². The monoisotopic (exact) mass is 379 g/mol. The summed E-state index contributed by atoms with van der Waals surface area (Å²) in [4.78, 5) is 30.6. The Morgan fingerprint density at radius 2 is 1.81 bits per heavy atom. The minimum atomic E-state index is -1.63. The Balaban J connectivity index is 1.84.